The maximum atomic E-state index is 12.8. The summed E-state index contributed by atoms with van der Waals surface area (Å²) in [7, 11) is 0. The summed E-state index contributed by atoms with van der Waals surface area (Å²) in [5.41, 5.74) is 2.18. The Hall–Kier alpha value is -2.99. The standard InChI is InChI=1S/C23H24ClN3O3/c1-2-5-22(28)27-12-10-26(11-13-27)19-9-8-17(24)15-18(19)25-23(29)21-14-16-6-3-4-7-20(16)30-21/h3-4,6-9,14-15H,2,5,10-13H2,1H3,(H,25,29). The van der Waals surface area contributed by atoms with Crippen molar-refractivity contribution in [3.8, 4) is 0 Å². The number of furan rings is 1. The molecule has 7 heteroatoms. The summed E-state index contributed by atoms with van der Waals surface area (Å²) < 4.78 is 5.68. The van der Waals surface area contributed by atoms with E-state index in [1.807, 2.05) is 48.2 Å². The Bertz CT molecular complexity index is 1040. The van der Waals surface area contributed by atoms with Crippen LogP contribution in [0.1, 0.15) is 30.3 Å². The SMILES string of the molecule is CCCC(=O)N1CCN(c2ccc(Cl)cc2NC(=O)c2cc3ccccc3o2)CC1. The Morgan fingerprint density at radius 2 is 1.83 bits per heavy atom. The highest BCUT2D eigenvalue weighted by Crippen LogP contribution is 2.31. The fourth-order valence-electron chi connectivity index (χ4n) is 3.73. The quantitative estimate of drug-likeness (QED) is 0.638. The number of piperazine rings is 1. The van der Waals surface area contributed by atoms with Crippen LogP contribution in [0, 0.1) is 0 Å². The number of halogens is 1. The lowest BCUT2D eigenvalue weighted by molar-refractivity contribution is -0.131. The number of hydrogen-bond acceptors (Lipinski definition) is 4. The summed E-state index contributed by atoms with van der Waals surface area (Å²) in [6.45, 7) is 4.74. The Morgan fingerprint density at radius 3 is 2.57 bits per heavy atom. The minimum Gasteiger partial charge on any atom is -0.451 e. The molecule has 2 aromatic carbocycles. The summed E-state index contributed by atoms with van der Waals surface area (Å²) in [4.78, 5) is 29.0. The van der Waals surface area contributed by atoms with Crippen molar-refractivity contribution >= 4 is 45.8 Å². The molecule has 2 amide bonds. The van der Waals surface area contributed by atoms with Crippen molar-refractivity contribution in [3.63, 3.8) is 0 Å². The number of amides is 2. The molecule has 1 aliphatic heterocycles. The second-order valence-electron chi connectivity index (χ2n) is 7.38. The predicted octanol–water partition coefficient (Wildman–Crippen LogP) is 4.79. The first kappa shape index (κ1) is 20.3. The summed E-state index contributed by atoms with van der Waals surface area (Å²) in [6, 6.07) is 14.7. The molecule has 0 unspecified atom stereocenters. The first-order chi connectivity index (χ1) is 14.5. The molecule has 1 saturated heterocycles. The lowest BCUT2D eigenvalue weighted by Gasteiger charge is -2.37. The molecule has 1 aromatic heterocycles. The molecule has 0 spiro atoms. The van der Waals surface area contributed by atoms with Crippen molar-refractivity contribution in [1.29, 1.82) is 0 Å². The van der Waals surface area contributed by atoms with E-state index in [9.17, 15) is 9.59 Å². The number of para-hydroxylation sites is 1. The van der Waals surface area contributed by atoms with Gasteiger partial charge >= 0.3 is 0 Å². The fraction of sp³-hybridized carbons (Fsp3) is 0.304. The van der Waals surface area contributed by atoms with Gasteiger partial charge < -0.3 is 19.5 Å². The molecule has 1 fully saturated rings. The highest BCUT2D eigenvalue weighted by Gasteiger charge is 2.23. The monoisotopic (exact) mass is 425 g/mol. The van der Waals surface area contributed by atoms with Gasteiger partial charge in [0.1, 0.15) is 5.58 Å². The van der Waals surface area contributed by atoms with Crippen LogP contribution in [-0.2, 0) is 4.79 Å². The second-order valence-corrected chi connectivity index (χ2v) is 7.82. The maximum absolute atomic E-state index is 12.8. The van der Waals surface area contributed by atoms with Gasteiger partial charge in [-0.15, -0.1) is 0 Å². The zero-order valence-electron chi connectivity index (χ0n) is 16.9. The summed E-state index contributed by atoms with van der Waals surface area (Å²) in [5.74, 6) is 0.121. The number of hydrogen-bond donors (Lipinski definition) is 1. The molecule has 0 bridgehead atoms. The van der Waals surface area contributed by atoms with Crippen LogP contribution >= 0.6 is 11.6 Å². The number of fused-ring (bicyclic) bond motifs is 1. The third kappa shape index (κ3) is 4.28. The number of nitrogens with zero attached hydrogens (tertiary/aromatic N) is 2. The predicted molar refractivity (Wildman–Crippen MR) is 119 cm³/mol. The number of carbonyl (C=O) groups is 2. The number of rotatable bonds is 5. The van der Waals surface area contributed by atoms with Crippen LogP contribution in [0.4, 0.5) is 11.4 Å². The molecule has 0 saturated carbocycles. The molecule has 6 nitrogen and oxygen atoms in total. The van der Waals surface area contributed by atoms with E-state index in [1.54, 1.807) is 12.1 Å². The van der Waals surface area contributed by atoms with Crippen LogP contribution in [-0.4, -0.2) is 42.9 Å². The molecule has 0 aliphatic carbocycles. The minimum absolute atomic E-state index is 0.201. The van der Waals surface area contributed by atoms with Gasteiger partial charge in [0.25, 0.3) is 5.91 Å². The van der Waals surface area contributed by atoms with Crippen LogP contribution in [0.25, 0.3) is 11.0 Å². The number of carbonyl (C=O) groups excluding carboxylic acids is 2. The number of nitrogens with one attached hydrogen (secondary N) is 1. The average Bonchev–Trinajstić information content (AvgIpc) is 3.19. The second kappa shape index (κ2) is 8.79. The molecule has 1 N–H and O–H groups in total. The van der Waals surface area contributed by atoms with Gasteiger partial charge in [0, 0.05) is 43.0 Å². The van der Waals surface area contributed by atoms with Gasteiger partial charge in [0.2, 0.25) is 5.91 Å². The fourth-order valence-corrected chi connectivity index (χ4v) is 3.90. The van der Waals surface area contributed by atoms with Crippen molar-refractivity contribution in [1.82, 2.24) is 4.90 Å². The summed E-state index contributed by atoms with van der Waals surface area (Å²) >= 11 is 6.20. The van der Waals surface area contributed by atoms with Gasteiger partial charge in [-0.25, -0.2) is 0 Å². The highest BCUT2D eigenvalue weighted by atomic mass is 35.5. The normalized spacial score (nSPS) is 14.2. The number of benzene rings is 2. The summed E-state index contributed by atoms with van der Waals surface area (Å²) in [5, 5.41) is 4.35. The van der Waals surface area contributed by atoms with Gasteiger partial charge in [-0.2, -0.15) is 0 Å². The van der Waals surface area contributed by atoms with E-state index >= 15 is 0 Å². The van der Waals surface area contributed by atoms with E-state index in [0.29, 0.717) is 48.9 Å². The molecule has 2 heterocycles. The zero-order chi connectivity index (χ0) is 21.1. The van der Waals surface area contributed by atoms with E-state index in [-0.39, 0.29) is 17.6 Å². The molecule has 0 atom stereocenters. The van der Waals surface area contributed by atoms with Crippen molar-refractivity contribution in [3.05, 3.63) is 59.3 Å². The third-order valence-corrected chi connectivity index (χ3v) is 5.53. The van der Waals surface area contributed by atoms with Gasteiger partial charge in [-0.1, -0.05) is 36.7 Å². The van der Waals surface area contributed by atoms with Crippen molar-refractivity contribution in [2.24, 2.45) is 0 Å². The first-order valence-corrected chi connectivity index (χ1v) is 10.5. The van der Waals surface area contributed by atoms with Crippen LogP contribution in [0.5, 0.6) is 0 Å². The minimum atomic E-state index is -0.327. The molecule has 30 heavy (non-hydrogen) atoms. The van der Waals surface area contributed by atoms with Crippen molar-refractivity contribution in [2.45, 2.75) is 19.8 Å². The van der Waals surface area contributed by atoms with E-state index in [4.69, 9.17) is 16.0 Å². The van der Waals surface area contributed by atoms with Crippen LogP contribution < -0.4 is 10.2 Å². The van der Waals surface area contributed by atoms with E-state index in [0.717, 1.165) is 17.5 Å². The van der Waals surface area contributed by atoms with Crippen molar-refractivity contribution in [2.75, 3.05) is 36.4 Å². The largest absolute Gasteiger partial charge is 0.451 e. The molecular weight excluding hydrogens is 402 g/mol. The lowest BCUT2D eigenvalue weighted by atomic mass is 10.2. The molecule has 0 radical (unpaired) electrons. The number of anilines is 2. The van der Waals surface area contributed by atoms with E-state index in [2.05, 4.69) is 10.2 Å². The van der Waals surface area contributed by atoms with Crippen LogP contribution in [0.2, 0.25) is 5.02 Å². The van der Waals surface area contributed by atoms with E-state index < -0.39 is 0 Å². The molecule has 4 rings (SSSR count). The van der Waals surface area contributed by atoms with Crippen molar-refractivity contribution < 1.29 is 14.0 Å². The van der Waals surface area contributed by atoms with Gasteiger partial charge in [0.15, 0.2) is 5.76 Å². The molecular formula is C23H24ClN3O3. The topological polar surface area (TPSA) is 65.8 Å². The van der Waals surface area contributed by atoms with Crippen LogP contribution in [0.3, 0.4) is 0 Å². The Kier molecular flexibility index (Phi) is 5.95. The van der Waals surface area contributed by atoms with Crippen LogP contribution in [0.15, 0.2) is 52.9 Å². The third-order valence-electron chi connectivity index (χ3n) is 5.29. The Labute approximate surface area is 180 Å². The molecule has 1 aliphatic rings. The summed E-state index contributed by atoms with van der Waals surface area (Å²) in [6.07, 6.45) is 1.44. The van der Waals surface area contributed by atoms with Gasteiger partial charge in [-0.3, -0.25) is 9.59 Å². The molecule has 156 valence electrons. The zero-order valence-corrected chi connectivity index (χ0v) is 17.6. The Balaban J connectivity index is 1.51. The van der Waals surface area contributed by atoms with E-state index in [1.165, 1.54) is 0 Å². The lowest BCUT2D eigenvalue weighted by Crippen LogP contribution is -2.48. The van der Waals surface area contributed by atoms with Gasteiger partial charge in [-0.05, 0) is 36.8 Å². The molecule has 3 aromatic rings. The average molecular weight is 426 g/mol. The van der Waals surface area contributed by atoms with Gasteiger partial charge in [0.05, 0.1) is 11.4 Å². The maximum Gasteiger partial charge on any atom is 0.291 e. The first-order valence-electron chi connectivity index (χ1n) is 10.2. The Morgan fingerprint density at radius 1 is 1.07 bits per heavy atom. The highest BCUT2D eigenvalue weighted by molar-refractivity contribution is 6.31. The smallest absolute Gasteiger partial charge is 0.291 e.